The number of benzene rings is 3. The summed E-state index contributed by atoms with van der Waals surface area (Å²) in [5.41, 5.74) is 6.87. The standard InChI is InChI=1S/C34H28FN5O3/c1-21-37-29-12-13-36-30(32(29)38-21)18-22-2-4-24(5-3-22)33(41)28-20-40(34(42)39-14-16-43-17-15-39)31-19-25(8-11-27(28)31)23-6-9-26(35)10-7-23/h2-13,19-20H,14-18H2,1H3,(H,37,38). The topological polar surface area (TPSA) is 93.1 Å². The van der Waals surface area contributed by atoms with Crippen LogP contribution in [0, 0.1) is 12.7 Å². The number of morpholine rings is 1. The quantitative estimate of drug-likeness (QED) is 0.250. The van der Waals surface area contributed by atoms with Crippen molar-refractivity contribution in [2.45, 2.75) is 13.3 Å². The minimum absolute atomic E-state index is 0.178. The molecular formula is C34H28FN5O3. The van der Waals surface area contributed by atoms with E-state index in [0.29, 0.717) is 54.8 Å². The average molecular weight is 574 g/mol. The second-order valence-electron chi connectivity index (χ2n) is 10.7. The first kappa shape index (κ1) is 26.7. The third-order valence-electron chi connectivity index (χ3n) is 7.90. The lowest BCUT2D eigenvalue weighted by Gasteiger charge is -2.27. The number of imidazole rings is 1. The summed E-state index contributed by atoms with van der Waals surface area (Å²) in [7, 11) is 0. The number of aromatic amines is 1. The number of nitrogens with one attached hydrogen (secondary N) is 1. The van der Waals surface area contributed by atoms with Gasteiger partial charge in [0.1, 0.15) is 17.2 Å². The highest BCUT2D eigenvalue weighted by molar-refractivity contribution is 6.18. The van der Waals surface area contributed by atoms with Crippen molar-refractivity contribution in [3.8, 4) is 11.1 Å². The number of carbonyl (C=O) groups is 2. The van der Waals surface area contributed by atoms with Gasteiger partial charge in [-0.15, -0.1) is 0 Å². The van der Waals surface area contributed by atoms with E-state index in [9.17, 15) is 14.0 Å². The van der Waals surface area contributed by atoms with Crippen molar-refractivity contribution in [1.29, 1.82) is 0 Å². The number of hydrogen-bond acceptors (Lipinski definition) is 5. The molecule has 0 radical (unpaired) electrons. The highest BCUT2D eigenvalue weighted by Gasteiger charge is 2.24. The minimum Gasteiger partial charge on any atom is -0.378 e. The molecule has 3 aromatic carbocycles. The van der Waals surface area contributed by atoms with E-state index in [-0.39, 0.29) is 17.6 Å². The molecule has 6 aromatic rings. The molecule has 3 aromatic heterocycles. The van der Waals surface area contributed by atoms with Gasteiger partial charge in [0, 0.05) is 48.4 Å². The van der Waals surface area contributed by atoms with E-state index in [0.717, 1.165) is 39.2 Å². The smallest absolute Gasteiger partial charge is 0.328 e. The fraction of sp³-hybridized carbons (Fsp3) is 0.176. The van der Waals surface area contributed by atoms with Crippen LogP contribution in [0.1, 0.15) is 33.0 Å². The van der Waals surface area contributed by atoms with Crippen LogP contribution in [0.3, 0.4) is 0 Å². The molecule has 0 aliphatic carbocycles. The van der Waals surface area contributed by atoms with Crippen LogP contribution < -0.4 is 0 Å². The van der Waals surface area contributed by atoms with Gasteiger partial charge in [0.25, 0.3) is 0 Å². The Hall–Kier alpha value is -5.15. The maximum Gasteiger partial charge on any atom is 0.328 e. The van der Waals surface area contributed by atoms with Gasteiger partial charge in [-0.2, -0.15) is 0 Å². The van der Waals surface area contributed by atoms with Crippen molar-refractivity contribution in [2.24, 2.45) is 0 Å². The predicted molar refractivity (Wildman–Crippen MR) is 162 cm³/mol. The first-order valence-corrected chi connectivity index (χ1v) is 14.2. The molecule has 1 amide bonds. The maximum atomic E-state index is 13.9. The zero-order valence-electron chi connectivity index (χ0n) is 23.5. The average Bonchev–Trinajstić information content (AvgIpc) is 3.62. The van der Waals surface area contributed by atoms with E-state index in [4.69, 9.17) is 4.74 Å². The van der Waals surface area contributed by atoms with Gasteiger partial charge in [0.05, 0.1) is 29.9 Å². The van der Waals surface area contributed by atoms with Crippen LogP contribution >= 0.6 is 0 Å². The number of pyridine rings is 1. The Morgan fingerprint density at radius 1 is 0.953 bits per heavy atom. The molecule has 1 fully saturated rings. The number of amides is 1. The number of halogens is 1. The lowest BCUT2D eigenvalue weighted by Crippen LogP contribution is -2.42. The number of hydrogen-bond donors (Lipinski definition) is 1. The van der Waals surface area contributed by atoms with Crippen LogP contribution in [0.4, 0.5) is 9.18 Å². The van der Waals surface area contributed by atoms with E-state index in [1.165, 1.54) is 12.1 Å². The summed E-state index contributed by atoms with van der Waals surface area (Å²) in [6.45, 7) is 3.79. The molecule has 214 valence electrons. The van der Waals surface area contributed by atoms with E-state index in [2.05, 4.69) is 15.0 Å². The Balaban J connectivity index is 1.23. The molecule has 4 heterocycles. The van der Waals surface area contributed by atoms with Crippen molar-refractivity contribution in [1.82, 2.24) is 24.4 Å². The van der Waals surface area contributed by atoms with Gasteiger partial charge in [0.2, 0.25) is 0 Å². The highest BCUT2D eigenvalue weighted by atomic mass is 19.1. The monoisotopic (exact) mass is 573 g/mol. The molecule has 43 heavy (non-hydrogen) atoms. The van der Waals surface area contributed by atoms with E-state index in [1.54, 1.807) is 34.0 Å². The molecule has 0 spiro atoms. The second kappa shape index (κ2) is 10.9. The third kappa shape index (κ3) is 5.08. The van der Waals surface area contributed by atoms with Gasteiger partial charge < -0.3 is 14.6 Å². The van der Waals surface area contributed by atoms with Gasteiger partial charge in [0.15, 0.2) is 5.78 Å². The lowest BCUT2D eigenvalue weighted by atomic mass is 9.98. The predicted octanol–water partition coefficient (Wildman–Crippen LogP) is 6.15. The van der Waals surface area contributed by atoms with Crippen molar-refractivity contribution in [2.75, 3.05) is 26.3 Å². The Morgan fingerprint density at radius 2 is 1.70 bits per heavy atom. The minimum atomic E-state index is -0.320. The Kier molecular flexibility index (Phi) is 6.79. The van der Waals surface area contributed by atoms with E-state index < -0.39 is 0 Å². The summed E-state index contributed by atoms with van der Waals surface area (Å²) in [6.07, 6.45) is 3.98. The van der Waals surface area contributed by atoms with Crippen molar-refractivity contribution in [3.63, 3.8) is 0 Å². The van der Waals surface area contributed by atoms with E-state index in [1.807, 2.05) is 55.5 Å². The van der Waals surface area contributed by atoms with Gasteiger partial charge in [-0.3, -0.25) is 14.3 Å². The number of carbonyl (C=O) groups excluding carboxylic acids is 2. The number of H-pyrrole nitrogens is 1. The van der Waals surface area contributed by atoms with Crippen molar-refractivity contribution < 1.29 is 18.7 Å². The van der Waals surface area contributed by atoms with Crippen molar-refractivity contribution in [3.05, 3.63) is 119 Å². The fourth-order valence-corrected chi connectivity index (χ4v) is 5.66. The molecule has 0 saturated carbocycles. The molecule has 1 saturated heterocycles. The third-order valence-corrected chi connectivity index (χ3v) is 7.90. The molecule has 8 nitrogen and oxygen atoms in total. The largest absolute Gasteiger partial charge is 0.378 e. The summed E-state index contributed by atoms with van der Waals surface area (Å²) in [5, 5.41) is 0.673. The second-order valence-corrected chi connectivity index (χ2v) is 10.7. The summed E-state index contributed by atoms with van der Waals surface area (Å²) in [6, 6.07) is 21.0. The molecule has 7 rings (SSSR count). The molecule has 1 N–H and O–H groups in total. The Bertz CT molecular complexity index is 1990. The fourth-order valence-electron chi connectivity index (χ4n) is 5.66. The first-order valence-electron chi connectivity index (χ1n) is 14.2. The maximum absolute atomic E-state index is 13.9. The number of ketones is 1. The summed E-state index contributed by atoms with van der Waals surface area (Å²) in [4.78, 5) is 41.6. The van der Waals surface area contributed by atoms with E-state index >= 15 is 0 Å². The zero-order valence-corrected chi connectivity index (χ0v) is 23.5. The molecule has 1 aliphatic heterocycles. The zero-order chi connectivity index (χ0) is 29.5. The van der Waals surface area contributed by atoms with Crippen LogP contribution in [0.2, 0.25) is 0 Å². The number of ether oxygens (including phenoxy) is 1. The number of nitrogens with zero attached hydrogens (tertiary/aromatic N) is 4. The Labute approximate surface area is 246 Å². The van der Waals surface area contributed by atoms with Crippen LogP contribution in [-0.4, -0.2) is 62.5 Å². The molecular weight excluding hydrogens is 545 g/mol. The SMILES string of the molecule is Cc1nc2c(Cc3ccc(C(=O)c4cn(C(=O)N5CCOCC5)c5cc(-c6ccc(F)cc6)ccc45)cc3)nccc2[nH]1. The molecule has 0 unspecified atom stereocenters. The molecule has 1 aliphatic rings. The number of aryl methyl sites for hydroxylation is 1. The van der Waals surface area contributed by atoms with Crippen molar-refractivity contribution >= 4 is 33.8 Å². The number of rotatable bonds is 5. The summed E-state index contributed by atoms with van der Waals surface area (Å²) >= 11 is 0. The molecule has 0 bridgehead atoms. The van der Waals surface area contributed by atoms with Crippen LogP contribution in [0.5, 0.6) is 0 Å². The van der Waals surface area contributed by atoms with Gasteiger partial charge in [-0.1, -0.05) is 48.5 Å². The number of aromatic nitrogens is 4. The summed E-state index contributed by atoms with van der Waals surface area (Å²) < 4.78 is 20.6. The van der Waals surface area contributed by atoms with Gasteiger partial charge in [-0.05, 0) is 47.9 Å². The Morgan fingerprint density at radius 3 is 2.47 bits per heavy atom. The van der Waals surface area contributed by atoms with Crippen LogP contribution in [0.25, 0.3) is 33.1 Å². The normalized spacial score (nSPS) is 13.6. The molecule has 9 heteroatoms. The van der Waals surface area contributed by atoms with Crippen LogP contribution in [-0.2, 0) is 11.2 Å². The summed E-state index contributed by atoms with van der Waals surface area (Å²) in [5.74, 6) is 0.336. The molecule has 0 atom stereocenters. The highest BCUT2D eigenvalue weighted by Crippen LogP contribution is 2.30. The number of fused-ring (bicyclic) bond motifs is 2. The first-order chi connectivity index (χ1) is 20.9. The van der Waals surface area contributed by atoms with Crippen LogP contribution in [0.15, 0.2) is 85.2 Å². The van der Waals surface area contributed by atoms with Gasteiger partial charge in [-0.25, -0.2) is 14.2 Å². The lowest BCUT2D eigenvalue weighted by molar-refractivity contribution is 0.0537. The van der Waals surface area contributed by atoms with Gasteiger partial charge >= 0.3 is 6.03 Å².